The number of esters is 1. The highest BCUT2D eigenvalue weighted by Gasteiger charge is 2.80. The Bertz CT molecular complexity index is 803. The first-order valence-corrected chi connectivity index (χ1v) is 13.4. The molecule has 3 aliphatic rings. The first-order valence-electron chi connectivity index (χ1n) is 13.4. The topological polar surface area (TPSA) is 96.4 Å². The summed E-state index contributed by atoms with van der Waals surface area (Å²) in [5, 5.41) is 9.18. The van der Waals surface area contributed by atoms with E-state index in [2.05, 4.69) is 13.5 Å². The van der Waals surface area contributed by atoms with Crippen molar-refractivity contribution in [3.8, 4) is 0 Å². The Labute approximate surface area is 210 Å². The number of fused-ring (bicyclic) bond motifs is 1. The van der Waals surface area contributed by atoms with Crippen LogP contribution in [0.1, 0.15) is 72.6 Å². The summed E-state index contributed by atoms with van der Waals surface area (Å²) in [4.78, 5) is 44.7. The van der Waals surface area contributed by atoms with Gasteiger partial charge in [-0.1, -0.05) is 32.8 Å². The van der Waals surface area contributed by atoms with Crippen LogP contribution >= 0.6 is 0 Å². The van der Waals surface area contributed by atoms with Crippen LogP contribution in [0.4, 0.5) is 0 Å². The average molecular weight is 493 g/mol. The van der Waals surface area contributed by atoms with E-state index in [1.807, 2.05) is 13.8 Å². The third-order valence-electron chi connectivity index (χ3n) is 8.34. The zero-order valence-corrected chi connectivity index (χ0v) is 22.0. The molecular formula is C27H44N2O6. The molecule has 8 heteroatoms. The Kier molecular flexibility index (Phi) is 9.02. The number of rotatable bonds is 14. The van der Waals surface area contributed by atoms with Crippen molar-refractivity contribution < 1.29 is 29.0 Å². The number of aliphatic hydroxyl groups excluding tert-OH is 1. The fourth-order valence-corrected chi connectivity index (χ4v) is 6.59. The standard InChI is InChI=1S/C27H44N2O6/c1-6-9-11-15-28(14-7-2)24(32)22-27-18-19(4)26(5,35-27)21(25(33)34-8-3)20(27)23(31)29(22)16-12-10-13-17-30/h7,19-22,30H,2,6,8-18H2,1,3-5H3/t19?,20-,21+,22?,26-,27?/m0/s1. The number of ether oxygens (including phenoxy) is 2. The summed E-state index contributed by atoms with van der Waals surface area (Å²) in [5.41, 5.74) is -1.89. The van der Waals surface area contributed by atoms with Crippen molar-refractivity contribution in [2.24, 2.45) is 17.8 Å². The molecule has 3 heterocycles. The third-order valence-corrected chi connectivity index (χ3v) is 8.34. The minimum absolute atomic E-state index is 0.00135. The summed E-state index contributed by atoms with van der Waals surface area (Å²) < 4.78 is 12.1. The van der Waals surface area contributed by atoms with Crippen molar-refractivity contribution in [2.75, 3.05) is 32.8 Å². The zero-order valence-electron chi connectivity index (χ0n) is 22.0. The Balaban J connectivity index is 2.01. The lowest BCUT2D eigenvalue weighted by Crippen LogP contribution is -2.56. The Morgan fingerprint density at radius 2 is 2.00 bits per heavy atom. The van der Waals surface area contributed by atoms with Crippen molar-refractivity contribution in [1.29, 1.82) is 0 Å². The second-order valence-corrected chi connectivity index (χ2v) is 10.6. The number of carbonyl (C=O) groups excluding carboxylic acids is 3. The summed E-state index contributed by atoms with van der Waals surface area (Å²) in [5.74, 6) is -2.19. The third kappa shape index (κ3) is 4.76. The maximum absolute atomic E-state index is 14.2. The van der Waals surface area contributed by atoms with Crippen LogP contribution in [-0.2, 0) is 23.9 Å². The van der Waals surface area contributed by atoms with Gasteiger partial charge in [-0.2, -0.15) is 0 Å². The van der Waals surface area contributed by atoms with Gasteiger partial charge in [-0.15, -0.1) is 6.58 Å². The van der Waals surface area contributed by atoms with E-state index in [-0.39, 0.29) is 30.9 Å². The molecule has 0 radical (unpaired) electrons. The molecule has 3 rings (SSSR count). The molecule has 35 heavy (non-hydrogen) atoms. The van der Waals surface area contributed by atoms with Crippen LogP contribution in [0.2, 0.25) is 0 Å². The van der Waals surface area contributed by atoms with Crippen LogP contribution in [0.5, 0.6) is 0 Å². The maximum Gasteiger partial charge on any atom is 0.312 e. The van der Waals surface area contributed by atoms with Crippen LogP contribution < -0.4 is 0 Å². The number of hydrogen-bond acceptors (Lipinski definition) is 6. The molecule has 0 saturated carbocycles. The molecule has 8 nitrogen and oxygen atoms in total. The van der Waals surface area contributed by atoms with E-state index >= 15 is 0 Å². The lowest BCUT2D eigenvalue weighted by Gasteiger charge is -2.37. The van der Waals surface area contributed by atoms with Crippen LogP contribution in [0.25, 0.3) is 0 Å². The normalized spacial score (nSPS) is 33.2. The predicted molar refractivity (Wildman–Crippen MR) is 132 cm³/mol. The van der Waals surface area contributed by atoms with E-state index in [4.69, 9.17) is 9.47 Å². The van der Waals surface area contributed by atoms with Gasteiger partial charge in [0.25, 0.3) is 0 Å². The number of aliphatic hydroxyl groups is 1. The van der Waals surface area contributed by atoms with Crippen molar-refractivity contribution in [3.05, 3.63) is 12.7 Å². The van der Waals surface area contributed by atoms with Crippen molar-refractivity contribution in [1.82, 2.24) is 9.80 Å². The molecule has 0 aromatic heterocycles. The fourth-order valence-electron chi connectivity index (χ4n) is 6.59. The lowest BCUT2D eigenvalue weighted by atomic mass is 9.62. The van der Waals surface area contributed by atoms with Gasteiger partial charge in [0, 0.05) is 26.2 Å². The molecular weight excluding hydrogens is 448 g/mol. The molecule has 1 N–H and O–H groups in total. The molecule has 198 valence electrons. The molecule has 3 unspecified atom stereocenters. The van der Waals surface area contributed by atoms with Gasteiger partial charge >= 0.3 is 5.97 Å². The van der Waals surface area contributed by atoms with Crippen LogP contribution in [0.3, 0.4) is 0 Å². The van der Waals surface area contributed by atoms with E-state index in [0.717, 1.165) is 25.7 Å². The molecule has 3 saturated heterocycles. The monoisotopic (exact) mass is 492 g/mol. The van der Waals surface area contributed by atoms with Gasteiger partial charge in [0.2, 0.25) is 11.8 Å². The minimum Gasteiger partial charge on any atom is -0.466 e. The zero-order chi connectivity index (χ0) is 25.8. The quantitative estimate of drug-likeness (QED) is 0.228. The summed E-state index contributed by atoms with van der Waals surface area (Å²) in [7, 11) is 0. The highest BCUT2D eigenvalue weighted by Crippen LogP contribution is 2.65. The predicted octanol–water partition coefficient (Wildman–Crippen LogP) is 2.93. The SMILES string of the molecule is C=CCN(CCCCC)C(=O)C1N(CCCCCO)C(=O)[C@@H]2[C@H](C(=O)OCC)[C@@]3(C)OC12CC3C. The van der Waals surface area contributed by atoms with Crippen LogP contribution in [0, 0.1) is 17.8 Å². The number of likely N-dealkylation sites (tertiary alicyclic amines) is 1. The van der Waals surface area contributed by atoms with Gasteiger partial charge in [-0.25, -0.2) is 0 Å². The Morgan fingerprint density at radius 3 is 2.63 bits per heavy atom. The van der Waals surface area contributed by atoms with E-state index < -0.39 is 35.0 Å². The largest absolute Gasteiger partial charge is 0.466 e. The summed E-state index contributed by atoms with van der Waals surface area (Å²) in [6, 6.07) is -0.778. The van der Waals surface area contributed by atoms with Crippen LogP contribution in [0.15, 0.2) is 12.7 Å². The smallest absolute Gasteiger partial charge is 0.312 e. The van der Waals surface area contributed by atoms with E-state index in [0.29, 0.717) is 38.9 Å². The van der Waals surface area contributed by atoms with Gasteiger partial charge in [0.15, 0.2) is 0 Å². The molecule has 0 aromatic rings. The first kappa shape index (κ1) is 27.7. The molecule has 3 aliphatic heterocycles. The minimum atomic E-state index is -1.04. The summed E-state index contributed by atoms with van der Waals surface area (Å²) >= 11 is 0. The van der Waals surface area contributed by atoms with Gasteiger partial charge < -0.3 is 24.4 Å². The number of unbranched alkanes of at least 4 members (excludes halogenated alkanes) is 4. The average Bonchev–Trinajstić information content (AvgIpc) is 3.33. The van der Waals surface area contributed by atoms with E-state index in [1.165, 1.54) is 0 Å². The highest BCUT2D eigenvalue weighted by molar-refractivity contribution is 5.98. The van der Waals surface area contributed by atoms with Crippen molar-refractivity contribution in [2.45, 2.75) is 89.9 Å². The molecule has 2 amide bonds. The van der Waals surface area contributed by atoms with Gasteiger partial charge in [-0.3, -0.25) is 14.4 Å². The number of nitrogens with zero attached hydrogens (tertiary/aromatic N) is 2. The summed E-state index contributed by atoms with van der Waals surface area (Å²) in [6.07, 6.45) is 7.28. The van der Waals surface area contributed by atoms with Crippen molar-refractivity contribution in [3.63, 3.8) is 0 Å². The molecule has 3 fully saturated rings. The lowest BCUT2D eigenvalue weighted by molar-refractivity contribution is -0.161. The number of amides is 2. The Morgan fingerprint density at radius 1 is 1.26 bits per heavy atom. The number of carbonyl (C=O) groups is 3. The van der Waals surface area contributed by atoms with Crippen molar-refractivity contribution >= 4 is 17.8 Å². The van der Waals surface area contributed by atoms with Gasteiger partial charge in [0.05, 0.1) is 18.1 Å². The Hall–Kier alpha value is -1.93. The first-order chi connectivity index (χ1) is 16.7. The maximum atomic E-state index is 14.2. The van der Waals surface area contributed by atoms with Gasteiger partial charge in [0.1, 0.15) is 17.6 Å². The molecule has 2 bridgehead atoms. The summed E-state index contributed by atoms with van der Waals surface area (Å²) in [6.45, 7) is 13.4. The van der Waals surface area contributed by atoms with Crippen LogP contribution in [-0.4, -0.2) is 82.8 Å². The number of hydrogen-bond donors (Lipinski definition) is 1. The van der Waals surface area contributed by atoms with E-state index in [9.17, 15) is 19.5 Å². The molecule has 6 atom stereocenters. The molecule has 0 aromatic carbocycles. The molecule has 1 spiro atoms. The second-order valence-electron chi connectivity index (χ2n) is 10.6. The fraction of sp³-hybridized carbons (Fsp3) is 0.815. The highest BCUT2D eigenvalue weighted by atomic mass is 16.6. The van der Waals surface area contributed by atoms with E-state index in [1.54, 1.807) is 22.8 Å². The van der Waals surface area contributed by atoms with Gasteiger partial charge in [-0.05, 0) is 51.9 Å². The second kappa shape index (κ2) is 11.4. The molecule has 0 aliphatic carbocycles.